The van der Waals surface area contributed by atoms with Gasteiger partial charge in [-0.25, -0.2) is 8.42 Å². The van der Waals surface area contributed by atoms with Crippen molar-refractivity contribution in [2.24, 2.45) is 0 Å². The van der Waals surface area contributed by atoms with Gasteiger partial charge in [-0.1, -0.05) is 30.3 Å². The Hall–Kier alpha value is -2.32. The molecule has 2 aromatic carbocycles. The number of carbonyl (C=O) groups is 2. The van der Waals surface area contributed by atoms with E-state index in [4.69, 9.17) is 0 Å². The Labute approximate surface area is 187 Å². The molecule has 0 saturated carbocycles. The summed E-state index contributed by atoms with van der Waals surface area (Å²) < 4.78 is 23.8. The van der Waals surface area contributed by atoms with Crippen molar-refractivity contribution in [2.45, 2.75) is 30.7 Å². The third kappa shape index (κ3) is 4.65. The predicted octanol–water partition coefficient (Wildman–Crippen LogP) is 3.02. The SMILES string of the molecule is CCN(C(=O)c1ccccc1SCC(=O)N1CCc2ccccc21)C1CCS(=O)(=O)C1. The normalized spacial score (nSPS) is 19.3. The summed E-state index contributed by atoms with van der Waals surface area (Å²) in [4.78, 5) is 30.4. The summed E-state index contributed by atoms with van der Waals surface area (Å²) in [6.07, 6.45) is 1.33. The predicted molar refractivity (Wildman–Crippen MR) is 123 cm³/mol. The molecule has 0 radical (unpaired) electrons. The Balaban J connectivity index is 1.47. The van der Waals surface area contributed by atoms with Crippen LogP contribution >= 0.6 is 11.8 Å². The summed E-state index contributed by atoms with van der Waals surface area (Å²) >= 11 is 1.36. The zero-order valence-electron chi connectivity index (χ0n) is 17.5. The maximum absolute atomic E-state index is 13.3. The van der Waals surface area contributed by atoms with Crippen LogP contribution in [0.4, 0.5) is 5.69 Å². The van der Waals surface area contributed by atoms with Crippen LogP contribution in [0.5, 0.6) is 0 Å². The number of hydrogen-bond donors (Lipinski definition) is 0. The van der Waals surface area contributed by atoms with Crippen molar-refractivity contribution in [3.63, 3.8) is 0 Å². The molecule has 1 unspecified atom stereocenters. The fraction of sp³-hybridized carbons (Fsp3) is 0.391. The number of benzene rings is 2. The summed E-state index contributed by atoms with van der Waals surface area (Å²) in [5.74, 6) is 0.235. The minimum atomic E-state index is -3.08. The molecule has 0 aromatic heterocycles. The number of amides is 2. The monoisotopic (exact) mass is 458 g/mol. The molecule has 31 heavy (non-hydrogen) atoms. The lowest BCUT2D eigenvalue weighted by Crippen LogP contribution is -2.41. The minimum absolute atomic E-state index is 0.0198. The van der Waals surface area contributed by atoms with Gasteiger partial charge in [-0.05, 0) is 43.5 Å². The molecule has 0 N–H and O–H groups in total. The quantitative estimate of drug-likeness (QED) is 0.622. The second kappa shape index (κ2) is 9.04. The number of anilines is 1. The molecule has 2 aliphatic rings. The van der Waals surface area contributed by atoms with E-state index in [1.165, 1.54) is 17.3 Å². The molecule has 2 aliphatic heterocycles. The zero-order valence-corrected chi connectivity index (χ0v) is 19.1. The van der Waals surface area contributed by atoms with E-state index in [-0.39, 0.29) is 35.1 Å². The van der Waals surface area contributed by atoms with Gasteiger partial charge in [0.1, 0.15) is 0 Å². The molecular formula is C23H26N2O4S2. The van der Waals surface area contributed by atoms with E-state index in [2.05, 4.69) is 0 Å². The molecule has 2 aromatic rings. The van der Waals surface area contributed by atoms with Crippen molar-refractivity contribution in [3.05, 3.63) is 59.7 Å². The first-order valence-corrected chi connectivity index (χ1v) is 13.3. The summed E-state index contributed by atoms with van der Waals surface area (Å²) in [6, 6.07) is 14.9. The van der Waals surface area contributed by atoms with Crippen LogP contribution in [-0.2, 0) is 21.1 Å². The van der Waals surface area contributed by atoms with Gasteiger partial charge >= 0.3 is 0 Å². The molecule has 4 rings (SSSR count). The Morgan fingerprint density at radius 3 is 2.61 bits per heavy atom. The third-order valence-electron chi connectivity index (χ3n) is 5.91. The van der Waals surface area contributed by atoms with Crippen LogP contribution in [0.25, 0.3) is 0 Å². The number of hydrogen-bond acceptors (Lipinski definition) is 5. The molecule has 0 aliphatic carbocycles. The maximum Gasteiger partial charge on any atom is 0.255 e. The molecule has 1 atom stereocenters. The topological polar surface area (TPSA) is 74.8 Å². The van der Waals surface area contributed by atoms with Gasteiger partial charge in [0.25, 0.3) is 5.91 Å². The molecule has 1 saturated heterocycles. The Morgan fingerprint density at radius 1 is 1.13 bits per heavy atom. The van der Waals surface area contributed by atoms with Gasteiger partial charge in [0, 0.05) is 29.7 Å². The van der Waals surface area contributed by atoms with Gasteiger partial charge in [-0.3, -0.25) is 9.59 Å². The van der Waals surface area contributed by atoms with E-state index in [1.54, 1.807) is 17.0 Å². The van der Waals surface area contributed by atoms with Crippen molar-refractivity contribution in [1.29, 1.82) is 0 Å². The van der Waals surface area contributed by atoms with E-state index in [9.17, 15) is 18.0 Å². The highest BCUT2D eigenvalue weighted by Crippen LogP contribution is 2.30. The van der Waals surface area contributed by atoms with Crippen molar-refractivity contribution in [1.82, 2.24) is 4.90 Å². The Kier molecular flexibility index (Phi) is 6.39. The minimum Gasteiger partial charge on any atom is -0.335 e. The summed E-state index contributed by atoms with van der Waals surface area (Å²) in [5, 5.41) is 0. The molecule has 0 spiro atoms. The van der Waals surface area contributed by atoms with E-state index < -0.39 is 9.84 Å². The fourth-order valence-corrected chi connectivity index (χ4v) is 6.98. The third-order valence-corrected chi connectivity index (χ3v) is 8.72. The maximum atomic E-state index is 13.3. The van der Waals surface area contributed by atoms with Crippen LogP contribution in [0.2, 0.25) is 0 Å². The first kappa shape index (κ1) is 21.9. The lowest BCUT2D eigenvalue weighted by atomic mass is 10.1. The summed E-state index contributed by atoms with van der Waals surface area (Å²) in [7, 11) is -3.08. The van der Waals surface area contributed by atoms with Gasteiger partial charge < -0.3 is 9.80 Å². The average molecular weight is 459 g/mol. The summed E-state index contributed by atoms with van der Waals surface area (Å²) in [6.45, 7) is 2.99. The standard InChI is InChI=1S/C23H26N2O4S2/c1-2-24(18-12-14-31(28,29)16-18)23(27)19-8-4-6-10-21(19)30-15-22(26)25-13-11-17-7-3-5-9-20(17)25/h3-10,18H,2,11-16H2,1H3. The Bertz CT molecular complexity index is 1100. The molecule has 1 fully saturated rings. The van der Waals surface area contributed by atoms with Gasteiger partial charge in [0.15, 0.2) is 9.84 Å². The smallest absolute Gasteiger partial charge is 0.255 e. The molecule has 2 amide bonds. The first-order chi connectivity index (χ1) is 14.9. The van der Waals surface area contributed by atoms with Crippen LogP contribution in [-0.4, -0.2) is 61.5 Å². The van der Waals surface area contributed by atoms with Crippen molar-refractivity contribution in [3.8, 4) is 0 Å². The number of rotatable bonds is 6. The summed E-state index contributed by atoms with van der Waals surface area (Å²) in [5.41, 5.74) is 2.67. The zero-order chi connectivity index (χ0) is 22.0. The molecule has 8 heteroatoms. The number of fused-ring (bicyclic) bond motifs is 1. The molecule has 2 heterocycles. The second-order valence-corrected chi connectivity index (χ2v) is 11.1. The molecule has 164 valence electrons. The molecule has 0 bridgehead atoms. The molecule has 6 nitrogen and oxygen atoms in total. The number of thioether (sulfide) groups is 1. The van der Waals surface area contributed by atoms with Crippen LogP contribution in [0, 0.1) is 0 Å². The largest absolute Gasteiger partial charge is 0.335 e. The van der Waals surface area contributed by atoms with Crippen molar-refractivity contribution >= 4 is 39.1 Å². The van der Waals surface area contributed by atoms with Crippen molar-refractivity contribution in [2.75, 3.05) is 35.2 Å². The van der Waals surface area contributed by atoms with Gasteiger partial charge in [0.2, 0.25) is 5.91 Å². The number of sulfone groups is 1. The molecular weight excluding hydrogens is 432 g/mol. The van der Waals surface area contributed by atoms with E-state index in [1.807, 2.05) is 48.2 Å². The van der Waals surface area contributed by atoms with Gasteiger partial charge in [-0.2, -0.15) is 0 Å². The lowest BCUT2D eigenvalue weighted by Gasteiger charge is -2.27. The second-order valence-electron chi connectivity index (χ2n) is 7.86. The fourth-order valence-electron chi connectivity index (χ4n) is 4.33. The number of para-hydroxylation sites is 1. The van der Waals surface area contributed by atoms with E-state index in [0.29, 0.717) is 25.1 Å². The lowest BCUT2D eigenvalue weighted by molar-refractivity contribution is -0.116. The highest BCUT2D eigenvalue weighted by molar-refractivity contribution is 8.00. The van der Waals surface area contributed by atoms with Gasteiger partial charge in [0.05, 0.1) is 22.8 Å². The van der Waals surface area contributed by atoms with Crippen molar-refractivity contribution < 1.29 is 18.0 Å². The average Bonchev–Trinajstić information content (AvgIpc) is 3.36. The van der Waals surface area contributed by atoms with Crippen LogP contribution < -0.4 is 4.90 Å². The van der Waals surface area contributed by atoms with Crippen LogP contribution in [0.15, 0.2) is 53.4 Å². The van der Waals surface area contributed by atoms with E-state index >= 15 is 0 Å². The number of nitrogens with zero attached hydrogens (tertiary/aromatic N) is 2. The highest BCUT2D eigenvalue weighted by Gasteiger charge is 2.35. The van der Waals surface area contributed by atoms with Crippen LogP contribution in [0.3, 0.4) is 0 Å². The number of carbonyl (C=O) groups excluding carboxylic acids is 2. The van der Waals surface area contributed by atoms with Crippen LogP contribution in [0.1, 0.15) is 29.3 Å². The van der Waals surface area contributed by atoms with Gasteiger partial charge in [-0.15, -0.1) is 11.8 Å². The Morgan fingerprint density at radius 2 is 1.87 bits per heavy atom. The van der Waals surface area contributed by atoms with E-state index in [0.717, 1.165) is 17.0 Å². The highest BCUT2D eigenvalue weighted by atomic mass is 32.2. The first-order valence-electron chi connectivity index (χ1n) is 10.5.